The van der Waals surface area contributed by atoms with E-state index in [1.165, 1.54) is 24.4 Å². The number of nitrogens with one attached hydrogen (secondary N) is 1. The lowest BCUT2D eigenvalue weighted by atomic mass is 9.93. The predicted molar refractivity (Wildman–Crippen MR) is 135 cm³/mol. The van der Waals surface area contributed by atoms with Crippen LogP contribution in [0.4, 0.5) is 13.2 Å². The number of aromatic nitrogens is 1. The number of amides is 1. The molecule has 8 heteroatoms. The first-order valence-electron chi connectivity index (χ1n) is 11.9. The zero-order chi connectivity index (χ0) is 26.1. The molecule has 0 saturated carbocycles. The van der Waals surface area contributed by atoms with Crippen LogP contribution < -0.4 is 5.32 Å². The molecule has 0 radical (unpaired) electrons. The van der Waals surface area contributed by atoms with Crippen molar-refractivity contribution in [3.8, 4) is 28.3 Å². The van der Waals surface area contributed by atoms with Gasteiger partial charge in [-0.15, -0.1) is 0 Å². The summed E-state index contributed by atoms with van der Waals surface area (Å²) < 4.78 is 43.3. The summed E-state index contributed by atoms with van der Waals surface area (Å²) in [4.78, 5) is 19.9. The van der Waals surface area contributed by atoms with Crippen LogP contribution in [0.1, 0.15) is 28.8 Å². The molecule has 1 aliphatic rings. The van der Waals surface area contributed by atoms with Crippen molar-refractivity contribution in [1.29, 1.82) is 5.26 Å². The minimum Gasteiger partial charge on any atom is -0.340 e. The molecule has 3 aromatic carbocycles. The van der Waals surface area contributed by atoms with Gasteiger partial charge in [0.15, 0.2) is 11.6 Å². The van der Waals surface area contributed by atoms with Crippen molar-refractivity contribution < 1.29 is 18.0 Å². The van der Waals surface area contributed by atoms with Crippen LogP contribution in [-0.4, -0.2) is 42.0 Å². The summed E-state index contributed by atoms with van der Waals surface area (Å²) in [6.45, 7) is 1.33. The van der Waals surface area contributed by atoms with Gasteiger partial charge in [0, 0.05) is 42.3 Å². The van der Waals surface area contributed by atoms with E-state index in [-0.39, 0.29) is 34.2 Å². The molecular weight excluding hydrogens is 477 g/mol. The van der Waals surface area contributed by atoms with E-state index in [1.807, 2.05) is 6.07 Å². The van der Waals surface area contributed by atoms with E-state index in [0.717, 1.165) is 31.5 Å². The highest BCUT2D eigenvalue weighted by molar-refractivity contribution is 6.12. The molecule has 1 atom stereocenters. The van der Waals surface area contributed by atoms with Gasteiger partial charge in [0.05, 0.1) is 22.7 Å². The van der Waals surface area contributed by atoms with E-state index in [0.29, 0.717) is 28.6 Å². The molecule has 37 heavy (non-hydrogen) atoms. The van der Waals surface area contributed by atoms with Gasteiger partial charge in [0.25, 0.3) is 5.91 Å². The average Bonchev–Trinajstić information content (AvgIpc) is 3.41. The quantitative estimate of drug-likeness (QED) is 0.383. The van der Waals surface area contributed by atoms with Crippen LogP contribution >= 0.6 is 0 Å². The van der Waals surface area contributed by atoms with E-state index in [1.54, 1.807) is 36.2 Å². The molecule has 1 aromatic heterocycles. The number of hydrogen-bond donors (Lipinski definition) is 1. The van der Waals surface area contributed by atoms with Crippen molar-refractivity contribution in [2.24, 2.45) is 0 Å². The fourth-order valence-electron chi connectivity index (χ4n) is 4.86. The number of fused-ring (bicyclic) bond motifs is 1. The van der Waals surface area contributed by atoms with Crippen LogP contribution in [0, 0.1) is 28.8 Å². The van der Waals surface area contributed by atoms with Gasteiger partial charge in [-0.2, -0.15) is 5.26 Å². The normalized spacial score (nSPS) is 15.1. The molecule has 2 heterocycles. The van der Waals surface area contributed by atoms with E-state index >= 15 is 0 Å². The lowest BCUT2D eigenvalue weighted by molar-refractivity contribution is 0.0786. The highest BCUT2D eigenvalue weighted by atomic mass is 19.2. The molecule has 1 amide bonds. The van der Waals surface area contributed by atoms with E-state index in [4.69, 9.17) is 0 Å². The van der Waals surface area contributed by atoms with E-state index in [9.17, 15) is 23.2 Å². The lowest BCUT2D eigenvalue weighted by Gasteiger charge is -2.24. The molecule has 0 unspecified atom stereocenters. The molecule has 4 aromatic rings. The minimum absolute atomic E-state index is 0.0759. The van der Waals surface area contributed by atoms with Gasteiger partial charge in [0.2, 0.25) is 0 Å². The second kappa shape index (κ2) is 10.0. The molecular formula is C29H23F3N4O. The van der Waals surface area contributed by atoms with Crippen molar-refractivity contribution in [2.45, 2.75) is 18.9 Å². The number of nitriles is 1. The van der Waals surface area contributed by atoms with Gasteiger partial charge in [-0.05, 0) is 66.9 Å². The van der Waals surface area contributed by atoms with Gasteiger partial charge < -0.3 is 10.2 Å². The number of hydrogen-bond acceptors (Lipinski definition) is 4. The third-order valence-corrected chi connectivity index (χ3v) is 6.69. The Bertz CT molecular complexity index is 1560. The number of carbonyl (C=O) groups is 1. The number of nitrogens with zero attached hydrogens (tertiary/aromatic N) is 3. The first kappa shape index (κ1) is 24.5. The summed E-state index contributed by atoms with van der Waals surface area (Å²) in [7, 11) is 1.68. The number of likely N-dealkylation sites (N-methyl/N-ethyl adjacent to an activating group) is 1. The molecule has 0 aliphatic carbocycles. The first-order chi connectivity index (χ1) is 17.9. The first-order valence-corrected chi connectivity index (χ1v) is 11.9. The fraction of sp³-hybridized carbons (Fsp3) is 0.207. The summed E-state index contributed by atoms with van der Waals surface area (Å²) in [5.74, 6) is -3.04. The maximum atomic E-state index is 14.9. The monoisotopic (exact) mass is 500 g/mol. The molecule has 1 fully saturated rings. The second-order valence-electron chi connectivity index (χ2n) is 9.20. The summed E-state index contributed by atoms with van der Waals surface area (Å²) >= 11 is 0. The molecule has 5 rings (SSSR count). The van der Waals surface area contributed by atoms with Crippen LogP contribution in [0.3, 0.4) is 0 Å². The van der Waals surface area contributed by atoms with Crippen LogP contribution in [0.5, 0.6) is 0 Å². The fourth-order valence-corrected chi connectivity index (χ4v) is 4.86. The predicted octanol–water partition coefficient (Wildman–Crippen LogP) is 5.68. The zero-order valence-electron chi connectivity index (χ0n) is 20.1. The Balaban J connectivity index is 1.72. The summed E-state index contributed by atoms with van der Waals surface area (Å²) in [5.41, 5.74) is 1.89. The van der Waals surface area contributed by atoms with Crippen LogP contribution in [0.2, 0.25) is 0 Å². The van der Waals surface area contributed by atoms with Crippen molar-refractivity contribution in [1.82, 2.24) is 15.2 Å². The standard InChI is InChI=1S/C29H23F3N4O/c1-36(16-21-4-3-9-34-21)29(37)27-23-13-18(19-10-17(14-33)11-20(30)12-19)7-8-26(23)35-15-24(27)22-5-2-6-25(31)28(22)32/h2,5-8,10-13,15,21,34H,3-4,9,16H2,1H3/t21-/m0/s1. The van der Waals surface area contributed by atoms with Crippen molar-refractivity contribution >= 4 is 16.8 Å². The Morgan fingerprint density at radius 3 is 2.70 bits per heavy atom. The highest BCUT2D eigenvalue weighted by Gasteiger charge is 2.26. The largest absolute Gasteiger partial charge is 0.340 e. The van der Waals surface area contributed by atoms with Gasteiger partial charge in [-0.25, -0.2) is 13.2 Å². The molecule has 1 saturated heterocycles. The van der Waals surface area contributed by atoms with Gasteiger partial charge in [-0.1, -0.05) is 18.2 Å². The number of pyridine rings is 1. The van der Waals surface area contributed by atoms with Crippen molar-refractivity contribution in [2.75, 3.05) is 20.1 Å². The maximum Gasteiger partial charge on any atom is 0.255 e. The van der Waals surface area contributed by atoms with E-state index in [2.05, 4.69) is 10.3 Å². The number of carbonyl (C=O) groups excluding carboxylic acids is 1. The smallest absolute Gasteiger partial charge is 0.255 e. The third kappa shape index (κ3) is 4.78. The van der Waals surface area contributed by atoms with Crippen LogP contribution in [-0.2, 0) is 0 Å². The number of benzene rings is 3. The van der Waals surface area contributed by atoms with Crippen LogP contribution in [0.15, 0.2) is 60.8 Å². The SMILES string of the molecule is CN(C[C@@H]1CCCN1)C(=O)c1c(-c2cccc(F)c2F)cnc2ccc(-c3cc(F)cc(C#N)c3)cc12. The Kier molecular flexibility index (Phi) is 6.64. The summed E-state index contributed by atoms with van der Waals surface area (Å²) in [6.07, 6.45) is 3.34. The summed E-state index contributed by atoms with van der Waals surface area (Å²) in [5, 5.41) is 13.0. The van der Waals surface area contributed by atoms with Gasteiger partial charge in [-0.3, -0.25) is 9.78 Å². The van der Waals surface area contributed by atoms with E-state index < -0.39 is 17.5 Å². The average molecular weight is 501 g/mol. The number of halogens is 3. The van der Waals surface area contributed by atoms with Gasteiger partial charge >= 0.3 is 0 Å². The minimum atomic E-state index is -1.07. The molecule has 5 nitrogen and oxygen atoms in total. The van der Waals surface area contributed by atoms with Crippen molar-refractivity contribution in [3.63, 3.8) is 0 Å². The Morgan fingerprint density at radius 1 is 1.11 bits per heavy atom. The zero-order valence-corrected chi connectivity index (χ0v) is 20.1. The second-order valence-corrected chi connectivity index (χ2v) is 9.20. The molecule has 0 spiro atoms. The van der Waals surface area contributed by atoms with Crippen LogP contribution in [0.25, 0.3) is 33.2 Å². The highest BCUT2D eigenvalue weighted by Crippen LogP contribution is 2.35. The Labute approximate surface area is 212 Å². The topological polar surface area (TPSA) is 69.0 Å². The van der Waals surface area contributed by atoms with Gasteiger partial charge in [0.1, 0.15) is 5.82 Å². The molecule has 186 valence electrons. The maximum absolute atomic E-state index is 14.9. The number of rotatable bonds is 5. The molecule has 1 N–H and O–H groups in total. The third-order valence-electron chi connectivity index (χ3n) is 6.69. The lowest BCUT2D eigenvalue weighted by Crippen LogP contribution is -2.39. The molecule has 0 bridgehead atoms. The Hall–Kier alpha value is -4.22. The Morgan fingerprint density at radius 2 is 1.95 bits per heavy atom. The summed E-state index contributed by atoms with van der Waals surface area (Å²) in [6, 6.07) is 14.9. The van der Waals surface area contributed by atoms with Crippen molar-refractivity contribution in [3.05, 3.63) is 89.4 Å². The molecule has 1 aliphatic heterocycles.